The molecule has 1 saturated heterocycles. The van der Waals surface area contributed by atoms with Crippen LogP contribution in [-0.4, -0.2) is 52.7 Å². The van der Waals surface area contributed by atoms with Gasteiger partial charge in [-0.15, -0.1) is 0 Å². The summed E-state index contributed by atoms with van der Waals surface area (Å²) in [5, 5.41) is 4.24. The van der Waals surface area contributed by atoms with Crippen LogP contribution in [-0.2, 0) is 14.9 Å². The molecule has 24 heavy (non-hydrogen) atoms. The molecule has 1 fully saturated rings. The average molecular weight is 330 g/mol. The minimum Gasteiger partial charge on any atom is -0.385 e. The number of methoxy groups -OCH3 is 1. The summed E-state index contributed by atoms with van der Waals surface area (Å²) in [6, 6.07) is 3.67. The molecule has 0 N–H and O–H groups in total. The number of carbonyl (C=O) groups excluding carboxylic acids is 1. The molecule has 1 aliphatic rings. The molecule has 0 bridgehead atoms. The van der Waals surface area contributed by atoms with Crippen molar-refractivity contribution in [2.75, 3.05) is 26.8 Å². The van der Waals surface area contributed by atoms with Crippen LogP contribution in [0.25, 0.3) is 11.5 Å². The molecule has 1 atom stereocenters. The van der Waals surface area contributed by atoms with E-state index < -0.39 is 0 Å². The molecule has 3 rings (SSSR count). The zero-order chi connectivity index (χ0) is 17.0. The van der Waals surface area contributed by atoms with Gasteiger partial charge in [0, 0.05) is 51.7 Å². The Hall–Kier alpha value is -2.28. The van der Waals surface area contributed by atoms with Crippen LogP contribution in [0.1, 0.15) is 32.0 Å². The van der Waals surface area contributed by atoms with Crippen molar-refractivity contribution < 1.29 is 14.1 Å². The van der Waals surface area contributed by atoms with E-state index in [0.717, 1.165) is 31.4 Å². The Bertz CT molecular complexity index is 688. The van der Waals surface area contributed by atoms with E-state index >= 15 is 0 Å². The summed E-state index contributed by atoms with van der Waals surface area (Å²) in [4.78, 5) is 22.3. The maximum atomic E-state index is 11.8. The third-order valence-electron chi connectivity index (χ3n) is 4.63. The van der Waals surface area contributed by atoms with Gasteiger partial charge in [-0.1, -0.05) is 5.16 Å². The molecule has 3 heterocycles. The number of piperidine rings is 1. The van der Waals surface area contributed by atoms with Gasteiger partial charge in [0.05, 0.1) is 5.41 Å². The minimum atomic E-state index is -0.325. The van der Waals surface area contributed by atoms with E-state index in [2.05, 4.69) is 15.1 Å². The molecule has 7 heteroatoms. The van der Waals surface area contributed by atoms with Gasteiger partial charge in [0.2, 0.25) is 5.91 Å². The van der Waals surface area contributed by atoms with Crippen LogP contribution in [0, 0.1) is 0 Å². The Morgan fingerprint density at radius 2 is 2.21 bits per heavy atom. The van der Waals surface area contributed by atoms with Crippen LogP contribution < -0.4 is 0 Å². The van der Waals surface area contributed by atoms with Gasteiger partial charge in [0.15, 0.2) is 5.82 Å². The molecule has 128 valence electrons. The molecule has 2 aromatic rings. The molecule has 1 amide bonds. The predicted octanol–water partition coefficient (Wildman–Crippen LogP) is 2.05. The summed E-state index contributed by atoms with van der Waals surface area (Å²) in [6.45, 7) is 3.57. The largest absolute Gasteiger partial charge is 0.385 e. The van der Waals surface area contributed by atoms with Crippen molar-refractivity contribution >= 4 is 5.91 Å². The zero-order valence-electron chi connectivity index (χ0n) is 14.1. The van der Waals surface area contributed by atoms with Gasteiger partial charge >= 0.3 is 0 Å². The smallest absolute Gasteiger partial charge is 0.258 e. The Kier molecular flexibility index (Phi) is 4.89. The summed E-state index contributed by atoms with van der Waals surface area (Å²) in [6.07, 6.45) is 5.97. The van der Waals surface area contributed by atoms with E-state index in [9.17, 15) is 4.79 Å². The number of hydrogen-bond donors (Lipinski definition) is 0. The fraction of sp³-hybridized carbons (Fsp3) is 0.529. The van der Waals surface area contributed by atoms with Gasteiger partial charge < -0.3 is 14.2 Å². The number of likely N-dealkylation sites (tertiary alicyclic amines) is 1. The first-order valence-corrected chi connectivity index (χ1v) is 8.14. The molecule has 2 aromatic heterocycles. The average Bonchev–Trinajstić information content (AvgIpc) is 3.12. The Labute approximate surface area is 141 Å². The van der Waals surface area contributed by atoms with Crippen LogP contribution in [0.15, 0.2) is 29.0 Å². The third kappa shape index (κ3) is 3.31. The molecule has 0 spiro atoms. The van der Waals surface area contributed by atoms with E-state index in [0.29, 0.717) is 24.9 Å². The second-order valence-corrected chi connectivity index (χ2v) is 6.23. The van der Waals surface area contributed by atoms with Crippen molar-refractivity contribution in [2.45, 2.75) is 31.6 Å². The Morgan fingerprint density at radius 3 is 2.92 bits per heavy atom. The highest BCUT2D eigenvalue weighted by atomic mass is 16.5. The normalized spacial score (nSPS) is 21.0. The molecule has 0 aliphatic carbocycles. The standard InChI is InChI=1S/C17H22N4O3/c1-13(22)21-10-3-6-17(12-21,7-11-23-2)16-19-15(24-20-16)14-4-8-18-9-5-14/h4-5,8-9H,3,6-7,10-12H2,1-2H3. The second-order valence-electron chi connectivity index (χ2n) is 6.23. The SMILES string of the molecule is COCCC1(c2noc(-c3ccncc3)n2)CCCN(C(C)=O)C1. The van der Waals surface area contributed by atoms with Crippen molar-refractivity contribution in [3.05, 3.63) is 30.4 Å². The third-order valence-corrected chi connectivity index (χ3v) is 4.63. The summed E-state index contributed by atoms with van der Waals surface area (Å²) < 4.78 is 10.8. The quantitative estimate of drug-likeness (QED) is 0.834. The molecular formula is C17H22N4O3. The van der Waals surface area contributed by atoms with Gasteiger partial charge in [-0.2, -0.15) is 4.98 Å². The number of hydrogen-bond acceptors (Lipinski definition) is 6. The maximum absolute atomic E-state index is 11.8. The number of ether oxygens (including phenoxy) is 1. The van der Waals surface area contributed by atoms with Crippen molar-refractivity contribution in [3.8, 4) is 11.5 Å². The fourth-order valence-corrected chi connectivity index (χ4v) is 3.25. The molecule has 0 radical (unpaired) electrons. The number of amides is 1. The first kappa shape index (κ1) is 16.6. The number of pyridine rings is 1. The first-order chi connectivity index (χ1) is 11.6. The lowest BCUT2D eigenvalue weighted by atomic mass is 9.76. The number of rotatable bonds is 5. The van der Waals surface area contributed by atoms with Gasteiger partial charge in [0.25, 0.3) is 5.89 Å². The second kappa shape index (κ2) is 7.09. The van der Waals surface area contributed by atoms with Crippen LogP contribution >= 0.6 is 0 Å². The van der Waals surface area contributed by atoms with E-state index in [4.69, 9.17) is 9.26 Å². The Morgan fingerprint density at radius 1 is 1.42 bits per heavy atom. The number of aromatic nitrogens is 3. The first-order valence-electron chi connectivity index (χ1n) is 8.14. The summed E-state index contributed by atoms with van der Waals surface area (Å²) in [5.41, 5.74) is 0.513. The van der Waals surface area contributed by atoms with Crippen LogP contribution in [0.4, 0.5) is 0 Å². The van der Waals surface area contributed by atoms with E-state index in [1.54, 1.807) is 26.4 Å². The summed E-state index contributed by atoms with van der Waals surface area (Å²) >= 11 is 0. The molecule has 7 nitrogen and oxygen atoms in total. The maximum Gasteiger partial charge on any atom is 0.258 e. The van der Waals surface area contributed by atoms with E-state index in [1.807, 2.05) is 17.0 Å². The van der Waals surface area contributed by atoms with Gasteiger partial charge in [-0.05, 0) is 31.4 Å². The molecule has 1 unspecified atom stereocenters. The molecule has 0 saturated carbocycles. The van der Waals surface area contributed by atoms with Gasteiger partial charge in [-0.3, -0.25) is 9.78 Å². The Balaban J connectivity index is 1.91. The topological polar surface area (TPSA) is 81.3 Å². The van der Waals surface area contributed by atoms with Gasteiger partial charge in [-0.25, -0.2) is 0 Å². The molecular weight excluding hydrogens is 308 g/mol. The number of nitrogens with zero attached hydrogens (tertiary/aromatic N) is 4. The van der Waals surface area contributed by atoms with Crippen LogP contribution in [0.2, 0.25) is 0 Å². The zero-order valence-corrected chi connectivity index (χ0v) is 14.1. The molecule has 0 aromatic carbocycles. The highest BCUT2D eigenvalue weighted by Crippen LogP contribution is 2.36. The lowest BCUT2D eigenvalue weighted by Crippen LogP contribution is -2.49. The summed E-state index contributed by atoms with van der Waals surface area (Å²) in [7, 11) is 1.68. The minimum absolute atomic E-state index is 0.0781. The van der Waals surface area contributed by atoms with E-state index in [-0.39, 0.29) is 11.3 Å². The fourth-order valence-electron chi connectivity index (χ4n) is 3.25. The van der Waals surface area contributed by atoms with Crippen molar-refractivity contribution in [3.63, 3.8) is 0 Å². The van der Waals surface area contributed by atoms with Crippen molar-refractivity contribution in [1.82, 2.24) is 20.0 Å². The monoisotopic (exact) mass is 330 g/mol. The molecule has 1 aliphatic heterocycles. The lowest BCUT2D eigenvalue weighted by molar-refractivity contribution is -0.131. The number of carbonyl (C=O) groups is 1. The van der Waals surface area contributed by atoms with E-state index in [1.165, 1.54) is 0 Å². The van der Waals surface area contributed by atoms with Crippen LogP contribution in [0.3, 0.4) is 0 Å². The summed E-state index contributed by atoms with van der Waals surface area (Å²) in [5.74, 6) is 1.20. The highest BCUT2D eigenvalue weighted by Gasteiger charge is 2.41. The van der Waals surface area contributed by atoms with Crippen molar-refractivity contribution in [2.24, 2.45) is 0 Å². The highest BCUT2D eigenvalue weighted by molar-refractivity contribution is 5.73. The predicted molar refractivity (Wildman–Crippen MR) is 87.2 cm³/mol. The van der Waals surface area contributed by atoms with Gasteiger partial charge in [0.1, 0.15) is 0 Å². The van der Waals surface area contributed by atoms with Crippen molar-refractivity contribution in [1.29, 1.82) is 0 Å². The lowest BCUT2D eigenvalue weighted by Gasteiger charge is -2.40. The van der Waals surface area contributed by atoms with Crippen LogP contribution in [0.5, 0.6) is 0 Å².